The summed E-state index contributed by atoms with van der Waals surface area (Å²) in [5.74, 6) is -0.989. The van der Waals surface area contributed by atoms with Crippen LogP contribution >= 0.6 is 0 Å². The average molecular weight is 512 g/mol. The molecule has 0 bridgehead atoms. The Morgan fingerprint density at radius 2 is 1.92 bits per heavy atom. The van der Waals surface area contributed by atoms with Crippen LogP contribution in [0.2, 0.25) is 0 Å². The van der Waals surface area contributed by atoms with Crippen molar-refractivity contribution in [3.05, 3.63) is 65.3 Å². The zero-order valence-electron chi connectivity index (χ0n) is 19.4. The molecule has 3 aromatic rings. The molecule has 0 radical (unpaired) electrons. The molecule has 1 aliphatic rings. The number of aromatic nitrogens is 5. The summed E-state index contributed by atoms with van der Waals surface area (Å²) in [6.07, 6.45) is 2.87. The summed E-state index contributed by atoms with van der Waals surface area (Å²) in [4.78, 5) is 12.2. The summed E-state index contributed by atoms with van der Waals surface area (Å²) in [7, 11) is -1.43. The molecule has 0 unspecified atom stereocenters. The van der Waals surface area contributed by atoms with E-state index in [2.05, 4.69) is 41.3 Å². The van der Waals surface area contributed by atoms with Gasteiger partial charge in [0.15, 0.2) is 17.3 Å². The first-order valence-corrected chi connectivity index (χ1v) is 12.0. The molecule has 3 N–H and O–H groups in total. The van der Waals surface area contributed by atoms with Crippen molar-refractivity contribution in [2.45, 2.75) is 13.0 Å². The Hall–Kier alpha value is -4.48. The van der Waals surface area contributed by atoms with Crippen LogP contribution in [0.5, 0.6) is 11.5 Å². The number of aromatic hydroxyl groups is 1. The molecule has 186 valence electrons. The first kappa shape index (κ1) is 24.6. The van der Waals surface area contributed by atoms with E-state index in [1.165, 1.54) is 43.3 Å². The Bertz CT molecular complexity index is 1530. The largest absolute Gasteiger partial charge is 0.506 e. The van der Waals surface area contributed by atoms with Crippen molar-refractivity contribution in [1.29, 1.82) is 0 Å². The van der Waals surface area contributed by atoms with Gasteiger partial charge in [-0.3, -0.25) is 9.29 Å². The number of ether oxygens (including phenoxy) is 2. The lowest BCUT2D eigenvalue weighted by molar-refractivity contribution is 0.191. The van der Waals surface area contributed by atoms with Gasteiger partial charge in [-0.1, -0.05) is 11.8 Å². The Morgan fingerprint density at radius 1 is 1.17 bits per heavy atom. The van der Waals surface area contributed by atoms with Crippen LogP contribution in [0.25, 0.3) is 11.4 Å². The summed E-state index contributed by atoms with van der Waals surface area (Å²) >= 11 is 0. The minimum absolute atomic E-state index is 0.00469. The highest BCUT2D eigenvalue weighted by Gasteiger charge is 2.28. The molecule has 0 aliphatic carbocycles. The quantitative estimate of drug-likeness (QED) is 0.374. The molecule has 0 amide bonds. The van der Waals surface area contributed by atoms with Crippen molar-refractivity contribution in [3.8, 4) is 17.2 Å². The van der Waals surface area contributed by atoms with E-state index in [-0.39, 0.29) is 46.4 Å². The summed E-state index contributed by atoms with van der Waals surface area (Å²) in [5, 5.41) is 29.0. The molecule has 1 atom stereocenters. The Labute approximate surface area is 205 Å². The highest BCUT2D eigenvalue weighted by molar-refractivity contribution is 7.92. The topological polar surface area (TPSA) is 174 Å². The molecule has 1 aliphatic heterocycles. The molecule has 1 aromatic carbocycles. The van der Waals surface area contributed by atoms with Crippen molar-refractivity contribution >= 4 is 27.6 Å². The molecule has 3 heterocycles. The Morgan fingerprint density at radius 3 is 2.61 bits per heavy atom. The minimum Gasteiger partial charge on any atom is -0.506 e. The van der Waals surface area contributed by atoms with Crippen molar-refractivity contribution < 1.29 is 28.1 Å². The van der Waals surface area contributed by atoms with Crippen LogP contribution in [0.15, 0.2) is 53.1 Å². The molecule has 0 spiro atoms. The van der Waals surface area contributed by atoms with Crippen LogP contribution < -0.4 is 9.46 Å². The van der Waals surface area contributed by atoms with E-state index in [4.69, 9.17) is 9.47 Å². The van der Waals surface area contributed by atoms with Crippen LogP contribution in [-0.4, -0.2) is 69.2 Å². The molecule has 0 saturated carbocycles. The van der Waals surface area contributed by atoms with Gasteiger partial charge >= 0.3 is 0 Å². The Kier molecular flexibility index (Phi) is 6.86. The van der Waals surface area contributed by atoms with Gasteiger partial charge in [-0.15, -0.1) is 10.2 Å². The van der Waals surface area contributed by atoms with Crippen molar-refractivity contribution in [3.63, 3.8) is 0 Å². The summed E-state index contributed by atoms with van der Waals surface area (Å²) in [6.45, 7) is 1.76. The second-order valence-corrected chi connectivity index (χ2v) is 9.21. The number of anilines is 1. The number of aliphatic imine (C=N–C) groups is 1. The lowest BCUT2D eigenvalue weighted by atomic mass is 10.2. The maximum Gasteiger partial charge on any atom is 0.243 e. The number of nitrogens with zero attached hydrogens (tertiary/aromatic N) is 6. The van der Waals surface area contributed by atoms with Crippen molar-refractivity contribution in [1.82, 2.24) is 24.7 Å². The second-order valence-electron chi connectivity index (χ2n) is 7.44. The Balaban J connectivity index is 1.78. The van der Waals surface area contributed by atoms with E-state index in [0.29, 0.717) is 0 Å². The predicted octanol–water partition coefficient (Wildman–Crippen LogP) is 1.26. The van der Waals surface area contributed by atoms with Crippen molar-refractivity contribution in [2.75, 3.05) is 24.7 Å². The van der Waals surface area contributed by atoms with Crippen LogP contribution in [-0.2, 0) is 14.8 Å². The van der Waals surface area contributed by atoms with Gasteiger partial charge in [-0.25, -0.2) is 23.4 Å². The number of benzene rings is 1. The van der Waals surface area contributed by atoms with Crippen LogP contribution in [0.4, 0.5) is 5.95 Å². The van der Waals surface area contributed by atoms with E-state index in [9.17, 15) is 18.6 Å². The highest BCUT2D eigenvalue weighted by Crippen LogP contribution is 2.36. The maximum absolute atomic E-state index is 13.0. The van der Waals surface area contributed by atoms with Gasteiger partial charge in [0.2, 0.25) is 21.9 Å². The molecular formula is C22H21N7O6S. The van der Waals surface area contributed by atoms with Crippen molar-refractivity contribution in [2.24, 2.45) is 4.99 Å². The van der Waals surface area contributed by atoms with E-state index < -0.39 is 21.9 Å². The molecule has 13 nitrogen and oxygen atoms in total. The number of aryl methyl sites for hydroxylation is 1. The van der Waals surface area contributed by atoms with Crippen LogP contribution in [0.1, 0.15) is 23.3 Å². The van der Waals surface area contributed by atoms with Gasteiger partial charge in [0.1, 0.15) is 29.0 Å². The van der Waals surface area contributed by atoms with Crippen LogP contribution in [0, 0.1) is 6.92 Å². The second kappa shape index (κ2) is 10.0. The van der Waals surface area contributed by atoms with Gasteiger partial charge in [-0.2, -0.15) is 0 Å². The number of hydrogen-bond acceptors (Lipinski definition) is 11. The third-order valence-corrected chi connectivity index (χ3v) is 6.08. The lowest BCUT2D eigenvalue weighted by Crippen LogP contribution is -2.24. The number of nitrogens with one attached hydrogen (secondary N) is 1. The summed E-state index contributed by atoms with van der Waals surface area (Å²) < 4.78 is 39.9. The highest BCUT2D eigenvalue weighted by atomic mass is 32.2. The van der Waals surface area contributed by atoms with Gasteiger partial charge in [0, 0.05) is 12.4 Å². The van der Waals surface area contributed by atoms with Gasteiger partial charge in [0.25, 0.3) is 0 Å². The monoisotopic (exact) mass is 511 g/mol. The standard InChI is InChI=1S/C22H21N7O6S/c1-13-10-23-20(24-11-13)16(31)12-36(32,33)28-22-27-26-21(14-6-4-9-18(25-14)35-3)29(22)19-15(30)7-5-8-17(19)34-2/h5,7-11,16,30-31H,12H2,1-3H3,(H,27,28)/t16-/m1/s1. The van der Waals surface area contributed by atoms with Gasteiger partial charge in [0.05, 0.1) is 20.3 Å². The smallest absolute Gasteiger partial charge is 0.243 e. The first-order chi connectivity index (χ1) is 17.2. The fourth-order valence-electron chi connectivity index (χ4n) is 3.20. The van der Waals surface area contributed by atoms with Gasteiger partial charge in [-0.05, 0) is 30.4 Å². The summed E-state index contributed by atoms with van der Waals surface area (Å²) in [6, 6.07) is 4.49. The molecule has 36 heavy (non-hydrogen) atoms. The average Bonchev–Trinajstić information content (AvgIpc) is 3.26. The number of para-hydroxylation sites is 1. The van der Waals surface area contributed by atoms with E-state index in [0.717, 1.165) is 5.56 Å². The molecule has 0 fully saturated rings. The minimum atomic E-state index is -4.23. The lowest BCUT2D eigenvalue weighted by Gasteiger charge is -2.16. The number of aliphatic hydroxyl groups excluding tert-OH is 1. The zero-order chi connectivity index (χ0) is 25.9. The third kappa shape index (κ3) is 5.11. The SMILES string of the molecule is COC1=NC(c2nnc(NS(=O)(=O)C[C@@H](O)c3ncc(C)cn3)n2-c2c(O)cccc2OC)=C=C=C1. The predicted molar refractivity (Wildman–Crippen MR) is 128 cm³/mol. The number of aliphatic hydroxyl groups is 1. The summed E-state index contributed by atoms with van der Waals surface area (Å²) in [5.41, 5.74) is 6.40. The number of hydrogen-bond donors (Lipinski definition) is 3. The molecular weight excluding hydrogens is 490 g/mol. The molecule has 0 saturated heterocycles. The number of sulfonamides is 1. The number of phenols is 1. The first-order valence-electron chi connectivity index (χ1n) is 10.4. The maximum atomic E-state index is 13.0. The number of rotatable bonds is 8. The number of phenolic OH excluding ortho intramolecular Hbond substituents is 1. The van der Waals surface area contributed by atoms with E-state index in [1.807, 2.05) is 0 Å². The normalized spacial score (nSPS) is 13.7. The fourth-order valence-corrected chi connectivity index (χ4v) is 4.26. The fraction of sp³-hybridized carbons (Fsp3) is 0.227. The van der Waals surface area contributed by atoms with E-state index in [1.54, 1.807) is 19.1 Å². The zero-order valence-corrected chi connectivity index (χ0v) is 20.2. The van der Waals surface area contributed by atoms with Gasteiger partial charge < -0.3 is 19.7 Å². The molecule has 4 rings (SSSR count). The molecule has 14 heteroatoms. The van der Waals surface area contributed by atoms with Crippen LogP contribution in [0.3, 0.4) is 0 Å². The third-order valence-electron chi connectivity index (χ3n) is 4.84. The molecule has 2 aromatic heterocycles. The number of methoxy groups -OCH3 is 2. The van der Waals surface area contributed by atoms with E-state index >= 15 is 0 Å².